The van der Waals surface area contributed by atoms with Crippen LogP contribution in [0.15, 0.2) is 28.9 Å². The normalized spacial score (nSPS) is 20.9. The number of nitrogens with one attached hydrogen (secondary N) is 1. The Labute approximate surface area is 150 Å². The summed E-state index contributed by atoms with van der Waals surface area (Å²) in [5.74, 6) is 1.08. The van der Waals surface area contributed by atoms with Gasteiger partial charge < -0.3 is 9.73 Å². The Morgan fingerprint density at radius 1 is 1.28 bits per heavy atom. The molecule has 5 nitrogen and oxygen atoms in total. The number of furan rings is 1. The maximum Gasteiger partial charge on any atom is 0.117 e. The Hall–Kier alpha value is -1.59. The molecule has 1 saturated heterocycles. The predicted molar refractivity (Wildman–Crippen MR) is 98.4 cm³/mol. The first-order chi connectivity index (χ1) is 12.1. The Morgan fingerprint density at radius 2 is 2.08 bits per heavy atom. The van der Waals surface area contributed by atoms with Crippen LogP contribution in [0.2, 0.25) is 0 Å². The van der Waals surface area contributed by atoms with Gasteiger partial charge in [-0.15, -0.1) is 0 Å². The van der Waals surface area contributed by atoms with Crippen molar-refractivity contribution in [2.24, 2.45) is 5.41 Å². The van der Waals surface area contributed by atoms with E-state index in [0.717, 1.165) is 44.2 Å². The van der Waals surface area contributed by atoms with Gasteiger partial charge in [0.1, 0.15) is 5.76 Å². The summed E-state index contributed by atoms with van der Waals surface area (Å²) in [7, 11) is 0. The number of rotatable bonds is 7. The Balaban J connectivity index is 1.22. The molecule has 1 N–H and O–H groups in total. The molecule has 0 spiro atoms. The first-order valence-electron chi connectivity index (χ1n) is 9.61. The highest BCUT2D eigenvalue weighted by molar-refractivity contribution is 5.08. The zero-order valence-electron chi connectivity index (χ0n) is 15.5. The second-order valence-corrected chi connectivity index (χ2v) is 8.10. The molecular formula is C20H30N4O. The molecule has 2 aromatic rings. The molecule has 2 aromatic heterocycles. The van der Waals surface area contributed by atoms with Crippen molar-refractivity contribution in [3.63, 3.8) is 0 Å². The summed E-state index contributed by atoms with van der Waals surface area (Å²) in [5, 5.41) is 8.51. The summed E-state index contributed by atoms with van der Waals surface area (Å²) in [4.78, 5) is 2.50. The molecule has 2 aliphatic rings. The number of aromatic nitrogens is 2. The molecule has 3 heterocycles. The van der Waals surface area contributed by atoms with Gasteiger partial charge in [-0.1, -0.05) is 0 Å². The number of aryl methyl sites for hydroxylation is 2. The topological polar surface area (TPSA) is 46.2 Å². The largest absolute Gasteiger partial charge is 0.468 e. The molecule has 25 heavy (non-hydrogen) atoms. The Bertz CT molecular complexity index is 679. The molecule has 1 saturated carbocycles. The monoisotopic (exact) mass is 342 g/mol. The van der Waals surface area contributed by atoms with E-state index in [-0.39, 0.29) is 0 Å². The smallest absolute Gasteiger partial charge is 0.117 e. The third-order valence-corrected chi connectivity index (χ3v) is 5.86. The molecule has 0 aromatic carbocycles. The van der Waals surface area contributed by atoms with E-state index in [1.54, 1.807) is 6.26 Å². The van der Waals surface area contributed by atoms with Crippen LogP contribution in [0.25, 0.3) is 0 Å². The molecule has 136 valence electrons. The molecule has 2 fully saturated rings. The second-order valence-electron chi connectivity index (χ2n) is 8.10. The van der Waals surface area contributed by atoms with E-state index < -0.39 is 0 Å². The zero-order chi connectivity index (χ0) is 17.3. The highest BCUT2D eigenvalue weighted by Crippen LogP contribution is 2.46. The second kappa shape index (κ2) is 6.96. The molecule has 5 heteroatoms. The average molecular weight is 342 g/mol. The molecular weight excluding hydrogens is 312 g/mol. The SMILES string of the molecule is Cc1cc(C)n(CC2(CNC3CCN(Cc4ccco4)CC3)CC2)n1. The van der Waals surface area contributed by atoms with Crippen LogP contribution < -0.4 is 5.32 Å². The average Bonchev–Trinajstić information content (AvgIpc) is 3.01. The van der Waals surface area contributed by atoms with Gasteiger partial charge in [0.2, 0.25) is 0 Å². The lowest BCUT2D eigenvalue weighted by Gasteiger charge is -2.33. The third kappa shape index (κ3) is 4.15. The van der Waals surface area contributed by atoms with Crippen LogP contribution in [-0.4, -0.2) is 40.4 Å². The number of hydrogen-bond acceptors (Lipinski definition) is 4. The van der Waals surface area contributed by atoms with Crippen molar-refractivity contribution in [3.05, 3.63) is 41.6 Å². The summed E-state index contributed by atoms with van der Waals surface area (Å²) in [6.45, 7) is 9.70. The number of hydrogen-bond donors (Lipinski definition) is 1. The molecule has 0 unspecified atom stereocenters. The summed E-state index contributed by atoms with van der Waals surface area (Å²) >= 11 is 0. The number of nitrogens with zero attached hydrogens (tertiary/aromatic N) is 3. The molecule has 1 aliphatic carbocycles. The van der Waals surface area contributed by atoms with Gasteiger partial charge in [0.05, 0.1) is 18.5 Å². The van der Waals surface area contributed by atoms with Crippen LogP contribution in [0.4, 0.5) is 0 Å². The summed E-state index contributed by atoms with van der Waals surface area (Å²) in [6.07, 6.45) is 6.89. The molecule has 1 aliphatic heterocycles. The maximum absolute atomic E-state index is 5.47. The minimum absolute atomic E-state index is 0.439. The van der Waals surface area contributed by atoms with Crippen LogP contribution >= 0.6 is 0 Å². The van der Waals surface area contributed by atoms with Crippen LogP contribution in [0.1, 0.15) is 42.8 Å². The third-order valence-electron chi connectivity index (χ3n) is 5.86. The lowest BCUT2D eigenvalue weighted by atomic mass is 10.0. The van der Waals surface area contributed by atoms with Gasteiger partial charge in [0, 0.05) is 43.3 Å². The van der Waals surface area contributed by atoms with Crippen molar-refractivity contribution < 1.29 is 4.42 Å². The van der Waals surface area contributed by atoms with Crippen molar-refractivity contribution >= 4 is 0 Å². The van der Waals surface area contributed by atoms with Crippen molar-refractivity contribution in [2.45, 2.75) is 58.7 Å². The van der Waals surface area contributed by atoms with Gasteiger partial charge in [-0.3, -0.25) is 9.58 Å². The molecule has 0 bridgehead atoms. The van der Waals surface area contributed by atoms with Crippen LogP contribution in [-0.2, 0) is 13.1 Å². The Kier molecular flexibility index (Phi) is 4.69. The van der Waals surface area contributed by atoms with E-state index in [4.69, 9.17) is 4.42 Å². The fourth-order valence-electron chi connectivity index (χ4n) is 4.00. The van der Waals surface area contributed by atoms with E-state index in [1.807, 2.05) is 6.07 Å². The van der Waals surface area contributed by atoms with E-state index in [9.17, 15) is 0 Å². The Morgan fingerprint density at radius 3 is 2.68 bits per heavy atom. The van der Waals surface area contributed by atoms with Gasteiger partial charge in [-0.05, 0) is 57.7 Å². The highest BCUT2D eigenvalue weighted by Gasteiger charge is 2.43. The molecule has 0 amide bonds. The minimum atomic E-state index is 0.439. The van der Waals surface area contributed by atoms with Gasteiger partial charge in [-0.25, -0.2) is 0 Å². The maximum atomic E-state index is 5.47. The highest BCUT2D eigenvalue weighted by atomic mass is 16.3. The van der Waals surface area contributed by atoms with E-state index in [1.165, 1.54) is 31.4 Å². The zero-order valence-corrected chi connectivity index (χ0v) is 15.5. The summed E-state index contributed by atoms with van der Waals surface area (Å²) in [5.41, 5.74) is 2.86. The van der Waals surface area contributed by atoms with Gasteiger partial charge in [0.25, 0.3) is 0 Å². The molecule has 0 radical (unpaired) electrons. The van der Waals surface area contributed by atoms with Gasteiger partial charge in [-0.2, -0.15) is 5.10 Å². The first kappa shape index (κ1) is 16.9. The van der Waals surface area contributed by atoms with Gasteiger partial charge in [0.15, 0.2) is 0 Å². The van der Waals surface area contributed by atoms with E-state index in [0.29, 0.717) is 11.5 Å². The summed E-state index contributed by atoms with van der Waals surface area (Å²) < 4.78 is 7.67. The fourth-order valence-corrected chi connectivity index (χ4v) is 4.00. The summed E-state index contributed by atoms with van der Waals surface area (Å²) in [6, 6.07) is 6.88. The minimum Gasteiger partial charge on any atom is -0.468 e. The van der Waals surface area contributed by atoms with E-state index in [2.05, 4.69) is 46.0 Å². The van der Waals surface area contributed by atoms with Crippen LogP contribution in [0.3, 0.4) is 0 Å². The van der Waals surface area contributed by atoms with Crippen molar-refractivity contribution in [1.29, 1.82) is 0 Å². The first-order valence-corrected chi connectivity index (χ1v) is 9.61. The lowest BCUT2D eigenvalue weighted by molar-refractivity contribution is 0.174. The van der Waals surface area contributed by atoms with Crippen LogP contribution in [0.5, 0.6) is 0 Å². The van der Waals surface area contributed by atoms with Crippen molar-refractivity contribution in [1.82, 2.24) is 20.0 Å². The standard InChI is InChI=1S/C20H30N4O/c1-16-12-17(2)24(22-16)15-20(7-8-20)14-21-18-5-9-23(10-6-18)13-19-4-3-11-25-19/h3-4,11-12,18,21H,5-10,13-15H2,1-2H3. The van der Waals surface area contributed by atoms with Crippen LogP contribution in [0, 0.1) is 19.3 Å². The fraction of sp³-hybridized carbons (Fsp3) is 0.650. The van der Waals surface area contributed by atoms with E-state index >= 15 is 0 Å². The van der Waals surface area contributed by atoms with Crippen molar-refractivity contribution in [2.75, 3.05) is 19.6 Å². The molecule has 4 rings (SSSR count). The molecule has 0 atom stereocenters. The lowest BCUT2D eigenvalue weighted by Crippen LogP contribution is -2.44. The van der Waals surface area contributed by atoms with Crippen molar-refractivity contribution in [3.8, 4) is 0 Å². The quantitative estimate of drug-likeness (QED) is 0.840. The van der Waals surface area contributed by atoms with Gasteiger partial charge >= 0.3 is 0 Å². The number of likely N-dealkylation sites (tertiary alicyclic amines) is 1. The number of piperidine rings is 1. The predicted octanol–water partition coefficient (Wildman–Crippen LogP) is 3.13.